The van der Waals surface area contributed by atoms with Crippen molar-refractivity contribution in [2.24, 2.45) is 5.41 Å². The van der Waals surface area contributed by atoms with E-state index in [1.165, 1.54) is 5.56 Å². The number of hydrogen-bond acceptors (Lipinski definition) is 2. The number of carbonyl (C=O) groups is 1. The van der Waals surface area contributed by atoms with Crippen LogP contribution in [-0.4, -0.2) is 5.78 Å². The number of Topliss-reactive ketones (excluding diaryl/α,β-unsaturated/α-hetero) is 1. The summed E-state index contributed by atoms with van der Waals surface area (Å²) >= 11 is 0. The van der Waals surface area contributed by atoms with Gasteiger partial charge < -0.3 is 4.74 Å². The molecule has 0 bridgehead atoms. The van der Waals surface area contributed by atoms with Gasteiger partial charge in [0.05, 0.1) is 0 Å². The van der Waals surface area contributed by atoms with E-state index in [-0.39, 0.29) is 11.2 Å². The minimum Gasteiger partial charge on any atom is -0.489 e. The second-order valence-corrected chi connectivity index (χ2v) is 6.38. The third-order valence-electron chi connectivity index (χ3n) is 3.32. The van der Waals surface area contributed by atoms with Crippen LogP contribution in [0.5, 0.6) is 5.75 Å². The Morgan fingerprint density at radius 1 is 0.952 bits per heavy atom. The number of ketones is 1. The van der Waals surface area contributed by atoms with Gasteiger partial charge in [0.25, 0.3) is 0 Å². The zero-order valence-corrected chi connectivity index (χ0v) is 13.1. The molecule has 2 nitrogen and oxygen atoms in total. The van der Waals surface area contributed by atoms with Crippen LogP contribution in [0.4, 0.5) is 0 Å². The largest absolute Gasteiger partial charge is 0.489 e. The van der Waals surface area contributed by atoms with E-state index in [0.29, 0.717) is 6.61 Å². The number of ether oxygens (including phenoxy) is 1. The molecule has 0 spiro atoms. The van der Waals surface area contributed by atoms with Crippen LogP contribution in [-0.2, 0) is 6.61 Å². The van der Waals surface area contributed by atoms with Gasteiger partial charge in [-0.3, -0.25) is 4.79 Å². The topological polar surface area (TPSA) is 26.3 Å². The van der Waals surface area contributed by atoms with E-state index in [0.717, 1.165) is 16.9 Å². The van der Waals surface area contributed by atoms with Gasteiger partial charge in [-0.2, -0.15) is 0 Å². The van der Waals surface area contributed by atoms with Gasteiger partial charge >= 0.3 is 0 Å². The van der Waals surface area contributed by atoms with E-state index >= 15 is 0 Å². The fourth-order valence-corrected chi connectivity index (χ4v) is 1.99. The van der Waals surface area contributed by atoms with E-state index in [1.54, 1.807) is 0 Å². The quantitative estimate of drug-likeness (QED) is 0.753. The molecule has 0 heterocycles. The van der Waals surface area contributed by atoms with E-state index in [9.17, 15) is 4.79 Å². The molecule has 0 amide bonds. The Labute approximate surface area is 126 Å². The van der Waals surface area contributed by atoms with E-state index in [4.69, 9.17) is 4.74 Å². The summed E-state index contributed by atoms with van der Waals surface area (Å²) in [4.78, 5) is 12.2. The van der Waals surface area contributed by atoms with Crippen molar-refractivity contribution in [1.82, 2.24) is 0 Å². The Balaban J connectivity index is 2.00. The summed E-state index contributed by atoms with van der Waals surface area (Å²) in [6, 6.07) is 15.6. The second kappa shape index (κ2) is 6.13. The Morgan fingerprint density at radius 3 is 2.05 bits per heavy atom. The van der Waals surface area contributed by atoms with Gasteiger partial charge in [-0.15, -0.1) is 0 Å². The monoisotopic (exact) mass is 282 g/mol. The maximum Gasteiger partial charge on any atom is 0.168 e. The molecule has 0 aliphatic carbocycles. The minimum absolute atomic E-state index is 0.161. The van der Waals surface area contributed by atoms with E-state index < -0.39 is 0 Å². The Bertz CT molecular complexity index is 602. The van der Waals surface area contributed by atoms with Crippen LogP contribution < -0.4 is 4.74 Å². The SMILES string of the molecule is Cc1ccc(OCc2ccc(C(=O)C(C)(C)C)cc2)cc1. The molecule has 0 saturated heterocycles. The summed E-state index contributed by atoms with van der Waals surface area (Å²) in [6.45, 7) is 8.36. The van der Waals surface area contributed by atoms with Crippen LogP contribution in [0.3, 0.4) is 0 Å². The number of hydrogen-bond donors (Lipinski definition) is 0. The third-order valence-corrected chi connectivity index (χ3v) is 3.32. The molecule has 2 aromatic rings. The van der Waals surface area contributed by atoms with E-state index in [2.05, 4.69) is 6.92 Å². The van der Waals surface area contributed by atoms with E-state index in [1.807, 2.05) is 69.3 Å². The summed E-state index contributed by atoms with van der Waals surface area (Å²) in [5, 5.41) is 0. The molecule has 0 unspecified atom stereocenters. The lowest BCUT2D eigenvalue weighted by atomic mass is 9.86. The van der Waals surface area contributed by atoms with Gasteiger partial charge in [0.2, 0.25) is 0 Å². The molecule has 0 aliphatic rings. The molecule has 0 aliphatic heterocycles. The first kappa shape index (κ1) is 15.3. The number of rotatable bonds is 4. The molecule has 2 heteroatoms. The third kappa shape index (κ3) is 4.19. The molecule has 0 aromatic heterocycles. The standard InChI is InChI=1S/C19H22O2/c1-14-5-11-17(12-6-14)21-13-15-7-9-16(10-8-15)18(20)19(2,3)4/h5-12H,13H2,1-4H3. The van der Waals surface area contributed by atoms with Crippen molar-refractivity contribution in [3.63, 3.8) is 0 Å². The minimum atomic E-state index is -0.347. The predicted octanol–water partition coefficient (Wildman–Crippen LogP) is 4.80. The Kier molecular flexibility index (Phi) is 4.46. The molecule has 0 radical (unpaired) electrons. The fraction of sp³-hybridized carbons (Fsp3) is 0.316. The summed E-state index contributed by atoms with van der Waals surface area (Å²) in [5.74, 6) is 1.02. The highest BCUT2D eigenvalue weighted by atomic mass is 16.5. The summed E-state index contributed by atoms with van der Waals surface area (Å²) < 4.78 is 5.73. The average molecular weight is 282 g/mol. The van der Waals surface area contributed by atoms with Crippen molar-refractivity contribution in [3.8, 4) is 5.75 Å². The zero-order chi connectivity index (χ0) is 15.5. The highest BCUT2D eigenvalue weighted by molar-refractivity contribution is 5.99. The number of aryl methyl sites for hydroxylation is 1. The first-order valence-electron chi connectivity index (χ1n) is 7.19. The maximum absolute atomic E-state index is 12.2. The van der Waals surface area contributed by atoms with Gasteiger partial charge in [0, 0.05) is 11.0 Å². The smallest absolute Gasteiger partial charge is 0.168 e. The van der Waals surface area contributed by atoms with Gasteiger partial charge in [-0.25, -0.2) is 0 Å². The van der Waals surface area contributed by atoms with Crippen molar-refractivity contribution in [3.05, 3.63) is 65.2 Å². The van der Waals surface area contributed by atoms with Crippen LogP contribution >= 0.6 is 0 Å². The van der Waals surface area contributed by atoms with Crippen LogP contribution in [0, 0.1) is 12.3 Å². The summed E-state index contributed by atoms with van der Waals surface area (Å²) in [5.41, 5.74) is 2.68. The number of carbonyl (C=O) groups excluding carboxylic acids is 1. The molecular formula is C19H22O2. The van der Waals surface area contributed by atoms with Crippen molar-refractivity contribution in [2.75, 3.05) is 0 Å². The molecule has 110 valence electrons. The van der Waals surface area contributed by atoms with Gasteiger partial charge in [-0.05, 0) is 24.6 Å². The van der Waals surface area contributed by atoms with Gasteiger partial charge in [0.1, 0.15) is 12.4 Å². The first-order valence-corrected chi connectivity index (χ1v) is 7.19. The van der Waals surface area contributed by atoms with Crippen LogP contribution in [0.1, 0.15) is 42.3 Å². The lowest BCUT2D eigenvalue weighted by Gasteiger charge is -2.16. The van der Waals surface area contributed by atoms with Crippen LogP contribution in [0.15, 0.2) is 48.5 Å². The molecule has 2 aromatic carbocycles. The zero-order valence-electron chi connectivity index (χ0n) is 13.1. The maximum atomic E-state index is 12.2. The molecule has 0 saturated carbocycles. The number of benzene rings is 2. The lowest BCUT2D eigenvalue weighted by molar-refractivity contribution is 0.0858. The van der Waals surface area contributed by atoms with Crippen molar-refractivity contribution >= 4 is 5.78 Å². The normalized spacial score (nSPS) is 11.2. The lowest BCUT2D eigenvalue weighted by Crippen LogP contribution is -2.20. The molecule has 0 atom stereocenters. The molecule has 2 rings (SSSR count). The average Bonchev–Trinajstić information content (AvgIpc) is 2.45. The molecular weight excluding hydrogens is 260 g/mol. The Hall–Kier alpha value is -2.09. The molecule has 0 fully saturated rings. The summed E-state index contributed by atoms with van der Waals surface area (Å²) in [6.07, 6.45) is 0. The van der Waals surface area contributed by atoms with Gasteiger partial charge in [0.15, 0.2) is 5.78 Å². The Morgan fingerprint density at radius 2 is 1.52 bits per heavy atom. The van der Waals surface area contributed by atoms with Crippen LogP contribution in [0.25, 0.3) is 0 Å². The summed E-state index contributed by atoms with van der Waals surface area (Å²) in [7, 11) is 0. The predicted molar refractivity (Wildman–Crippen MR) is 85.7 cm³/mol. The first-order chi connectivity index (χ1) is 9.86. The highest BCUT2D eigenvalue weighted by Gasteiger charge is 2.22. The second-order valence-electron chi connectivity index (χ2n) is 6.38. The van der Waals surface area contributed by atoms with Gasteiger partial charge in [-0.1, -0.05) is 62.7 Å². The van der Waals surface area contributed by atoms with Crippen LogP contribution in [0.2, 0.25) is 0 Å². The van der Waals surface area contributed by atoms with Crippen molar-refractivity contribution in [2.45, 2.75) is 34.3 Å². The molecule has 21 heavy (non-hydrogen) atoms. The van der Waals surface area contributed by atoms with Crippen molar-refractivity contribution < 1.29 is 9.53 Å². The highest BCUT2D eigenvalue weighted by Crippen LogP contribution is 2.21. The van der Waals surface area contributed by atoms with Crippen molar-refractivity contribution in [1.29, 1.82) is 0 Å². The molecule has 0 N–H and O–H groups in total. The fourth-order valence-electron chi connectivity index (χ4n) is 1.99.